The van der Waals surface area contributed by atoms with Crippen molar-refractivity contribution < 1.29 is 9.53 Å². The Balaban J connectivity index is 2.11. The van der Waals surface area contributed by atoms with Gasteiger partial charge in [0.1, 0.15) is 6.10 Å². The number of hydrogen-bond acceptors (Lipinski definition) is 2. The Morgan fingerprint density at radius 3 is 2.67 bits per heavy atom. The van der Waals surface area contributed by atoms with Gasteiger partial charge >= 0.3 is 5.97 Å². The van der Waals surface area contributed by atoms with Crippen LogP contribution in [0.3, 0.4) is 0 Å². The number of carbonyl (C=O) groups excluding carboxylic acids is 1. The second-order valence-corrected chi connectivity index (χ2v) is 4.10. The smallest absolute Gasteiger partial charge is 0.302 e. The van der Waals surface area contributed by atoms with Crippen LogP contribution in [0.25, 0.3) is 0 Å². The van der Waals surface area contributed by atoms with Crippen molar-refractivity contribution in [3.63, 3.8) is 0 Å². The van der Waals surface area contributed by atoms with Gasteiger partial charge in [0.05, 0.1) is 0 Å². The van der Waals surface area contributed by atoms with Crippen LogP contribution in [0.1, 0.15) is 37.7 Å². The van der Waals surface area contributed by atoms with E-state index in [9.17, 15) is 4.79 Å². The molecule has 1 saturated carbocycles. The fourth-order valence-electron chi connectivity index (χ4n) is 2.36. The molecule has 0 aromatic heterocycles. The van der Waals surface area contributed by atoms with Gasteiger partial charge in [-0.05, 0) is 24.8 Å². The van der Waals surface area contributed by atoms with Gasteiger partial charge in [0, 0.05) is 12.8 Å². The second-order valence-electron chi connectivity index (χ2n) is 4.10. The van der Waals surface area contributed by atoms with Gasteiger partial charge < -0.3 is 4.74 Å². The van der Waals surface area contributed by atoms with Crippen LogP contribution in [0.2, 0.25) is 0 Å². The predicted octanol–water partition coefficient (Wildman–Crippen LogP) is 2.89. The average Bonchev–Trinajstić information content (AvgIpc) is 2.66. The summed E-state index contributed by atoms with van der Waals surface area (Å²) in [6, 6.07) is 10.3. The molecule has 1 aromatic rings. The Labute approximate surface area is 90.3 Å². The highest BCUT2D eigenvalue weighted by atomic mass is 16.5. The SMILES string of the molecule is CC(=O)O[C@@H]1CCC[C@@H]1c1ccccc1. The summed E-state index contributed by atoms with van der Waals surface area (Å²) >= 11 is 0. The molecule has 0 saturated heterocycles. The molecule has 2 atom stereocenters. The van der Waals surface area contributed by atoms with E-state index >= 15 is 0 Å². The summed E-state index contributed by atoms with van der Waals surface area (Å²) in [6.07, 6.45) is 3.36. The predicted molar refractivity (Wildman–Crippen MR) is 58.6 cm³/mol. The third kappa shape index (κ3) is 2.38. The van der Waals surface area contributed by atoms with E-state index in [-0.39, 0.29) is 12.1 Å². The van der Waals surface area contributed by atoms with E-state index in [0.29, 0.717) is 5.92 Å². The fraction of sp³-hybridized carbons (Fsp3) is 0.462. The van der Waals surface area contributed by atoms with E-state index in [2.05, 4.69) is 12.1 Å². The van der Waals surface area contributed by atoms with Crippen molar-refractivity contribution in [3.8, 4) is 0 Å². The van der Waals surface area contributed by atoms with Gasteiger partial charge in [-0.25, -0.2) is 0 Å². The zero-order chi connectivity index (χ0) is 10.7. The summed E-state index contributed by atoms with van der Waals surface area (Å²) in [4.78, 5) is 11.0. The molecule has 0 N–H and O–H groups in total. The highest BCUT2D eigenvalue weighted by Crippen LogP contribution is 2.36. The van der Waals surface area contributed by atoms with Crippen molar-refractivity contribution in [2.75, 3.05) is 0 Å². The maximum atomic E-state index is 11.0. The van der Waals surface area contributed by atoms with Gasteiger partial charge in [-0.2, -0.15) is 0 Å². The Morgan fingerprint density at radius 2 is 2.00 bits per heavy atom. The molecular weight excluding hydrogens is 188 g/mol. The van der Waals surface area contributed by atoms with Crippen LogP contribution in [-0.2, 0) is 9.53 Å². The molecule has 0 bridgehead atoms. The van der Waals surface area contributed by atoms with Crippen molar-refractivity contribution >= 4 is 5.97 Å². The van der Waals surface area contributed by atoms with Gasteiger partial charge in [0.15, 0.2) is 0 Å². The molecule has 0 heterocycles. The van der Waals surface area contributed by atoms with Crippen molar-refractivity contribution in [1.29, 1.82) is 0 Å². The molecule has 1 aliphatic rings. The number of hydrogen-bond donors (Lipinski definition) is 0. The van der Waals surface area contributed by atoms with E-state index in [1.165, 1.54) is 12.5 Å². The lowest BCUT2D eigenvalue weighted by molar-refractivity contribution is -0.146. The molecule has 1 fully saturated rings. The Morgan fingerprint density at radius 1 is 1.27 bits per heavy atom. The molecule has 15 heavy (non-hydrogen) atoms. The molecule has 2 nitrogen and oxygen atoms in total. The minimum atomic E-state index is -0.164. The van der Waals surface area contributed by atoms with E-state index in [0.717, 1.165) is 19.3 Å². The van der Waals surface area contributed by atoms with E-state index in [4.69, 9.17) is 4.74 Å². The number of carbonyl (C=O) groups is 1. The highest BCUT2D eigenvalue weighted by Gasteiger charge is 2.30. The molecule has 0 aliphatic heterocycles. The van der Waals surface area contributed by atoms with Gasteiger partial charge in [0.25, 0.3) is 0 Å². The third-order valence-corrected chi connectivity index (χ3v) is 3.00. The minimum Gasteiger partial charge on any atom is -0.462 e. The normalized spacial score (nSPS) is 25.1. The molecule has 0 radical (unpaired) electrons. The van der Waals surface area contributed by atoms with Crippen LogP contribution < -0.4 is 0 Å². The Hall–Kier alpha value is -1.31. The Kier molecular flexibility index (Phi) is 3.05. The molecule has 0 amide bonds. The molecule has 1 aromatic carbocycles. The van der Waals surface area contributed by atoms with Crippen molar-refractivity contribution in [2.24, 2.45) is 0 Å². The van der Waals surface area contributed by atoms with Crippen molar-refractivity contribution in [3.05, 3.63) is 35.9 Å². The largest absolute Gasteiger partial charge is 0.462 e. The summed E-state index contributed by atoms with van der Waals surface area (Å²) in [5.41, 5.74) is 1.29. The van der Waals surface area contributed by atoms with Crippen LogP contribution in [-0.4, -0.2) is 12.1 Å². The fourth-order valence-corrected chi connectivity index (χ4v) is 2.36. The molecule has 0 spiro atoms. The van der Waals surface area contributed by atoms with Gasteiger partial charge in [-0.3, -0.25) is 4.79 Å². The topological polar surface area (TPSA) is 26.3 Å². The van der Waals surface area contributed by atoms with Gasteiger partial charge in [-0.15, -0.1) is 0 Å². The summed E-state index contributed by atoms with van der Waals surface area (Å²) in [5.74, 6) is 0.234. The number of esters is 1. The lowest BCUT2D eigenvalue weighted by Crippen LogP contribution is -2.19. The quantitative estimate of drug-likeness (QED) is 0.692. The van der Waals surface area contributed by atoms with Crippen molar-refractivity contribution in [2.45, 2.75) is 38.2 Å². The average molecular weight is 204 g/mol. The van der Waals surface area contributed by atoms with Crippen LogP contribution in [0.15, 0.2) is 30.3 Å². The summed E-state index contributed by atoms with van der Waals surface area (Å²) < 4.78 is 5.34. The lowest BCUT2D eigenvalue weighted by atomic mass is 9.96. The first-order valence-corrected chi connectivity index (χ1v) is 5.49. The minimum absolute atomic E-state index is 0.0879. The van der Waals surface area contributed by atoms with Crippen molar-refractivity contribution in [1.82, 2.24) is 0 Å². The standard InChI is InChI=1S/C13H16O2/c1-10(14)15-13-9-5-8-12(13)11-6-3-2-4-7-11/h2-4,6-7,12-13H,5,8-9H2,1H3/t12-,13-/m1/s1. The number of benzene rings is 1. The lowest BCUT2D eigenvalue weighted by Gasteiger charge is -2.19. The first-order chi connectivity index (χ1) is 7.27. The zero-order valence-electron chi connectivity index (χ0n) is 8.98. The van der Waals surface area contributed by atoms with Crippen LogP contribution in [0.4, 0.5) is 0 Å². The zero-order valence-corrected chi connectivity index (χ0v) is 8.98. The molecule has 2 heteroatoms. The van der Waals surface area contributed by atoms with Crippen LogP contribution in [0.5, 0.6) is 0 Å². The van der Waals surface area contributed by atoms with Crippen LogP contribution in [0, 0.1) is 0 Å². The number of rotatable bonds is 2. The third-order valence-electron chi connectivity index (χ3n) is 3.00. The van der Waals surface area contributed by atoms with E-state index in [1.54, 1.807) is 0 Å². The number of ether oxygens (including phenoxy) is 1. The van der Waals surface area contributed by atoms with Crippen LogP contribution >= 0.6 is 0 Å². The Bertz CT molecular complexity index is 332. The van der Waals surface area contributed by atoms with E-state index < -0.39 is 0 Å². The first kappa shape index (κ1) is 10.2. The van der Waals surface area contributed by atoms with Gasteiger partial charge in [-0.1, -0.05) is 30.3 Å². The molecular formula is C13H16O2. The van der Waals surface area contributed by atoms with Gasteiger partial charge in [0.2, 0.25) is 0 Å². The molecule has 80 valence electrons. The summed E-state index contributed by atoms with van der Waals surface area (Å²) in [6.45, 7) is 1.49. The highest BCUT2D eigenvalue weighted by molar-refractivity contribution is 5.66. The molecule has 0 unspecified atom stereocenters. The second kappa shape index (κ2) is 4.47. The summed E-state index contributed by atoms with van der Waals surface area (Å²) in [7, 11) is 0. The molecule has 1 aliphatic carbocycles. The maximum Gasteiger partial charge on any atom is 0.302 e. The van der Waals surface area contributed by atoms with E-state index in [1.807, 2.05) is 18.2 Å². The maximum absolute atomic E-state index is 11.0. The summed E-state index contributed by atoms with van der Waals surface area (Å²) in [5, 5.41) is 0. The molecule has 2 rings (SSSR count). The monoisotopic (exact) mass is 204 g/mol. The first-order valence-electron chi connectivity index (χ1n) is 5.49.